The van der Waals surface area contributed by atoms with E-state index in [9.17, 15) is 19.2 Å². The van der Waals surface area contributed by atoms with Crippen molar-refractivity contribution in [3.63, 3.8) is 0 Å². The normalized spacial score (nSPS) is 9.91. The number of benzene rings is 1. The van der Waals surface area contributed by atoms with E-state index in [0.717, 1.165) is 0 Å². The maximum Gasteiger partial charge on any atom is 0.231 e. The SMILES string of the molecule is O=C(CCl)CC(=O)Nc1ccc(NC(=O)CC(=O)CCl)cc1. The molecule has 0 aliphatic heterocycles. The molecule has 0 spiro atoms. The highest BCUT2D eigenvalue weighted by Gasteiger charge is 2.10. The maximum atomic E-state index is 11.5. The van der Waals surface area contributed by atoms with Crippen molar-refractivity contribution >= 4 is 58.0 Å². The van der Waals surface area contributed by atoms with E-state index in [1.165, 1.54) is 0 Å². The first-order valence-electron chi connectivity index (χ1n) is 6.29. The molecule has 0 aliphatic rings. The number of nitrogens with one attached hydrogen (secondary N) is 2. The molecule has 0 aromatic heterocycles. The number of halogens is 2. The average molecular weight is 345 g/mol. The van der Waals surface area contributed by atoms with E-state index in [0.29, 0.717) is 11.4 Å². The molecule has 6 nitrogen and oxygen atoms in total. The molecule has 118 valence electrons. The molecule has 0 aliphatic carbocycles. The second-order valence-electron chi connectivity index (χ2n) is 4.37. The molecule has 8 heteroatoms. The summed E-state index contributed by atoms with van der Waals surface area (Å²) in [4.78, 5) is 45.0. The third-order valence-electron chi connectivity index (χ3n) is 2.47. The molecule has 22 heavy (non-hydrogen) atoms. The molecule has 2 amide bonds. The molecule has 0 fully saturated rings. The highest BCUT2D eigenvalue weighted by molar-refractivity contribution is 6.29. The van der Waals surface area contributed by atoms with Crippen molar-refractivity contribution in [2.45, 2.75) is 12.8 Å². The van der Waals surface area contributed by atoms with Crippen LogP contribution >= 0.6 is 23.2 Å². The van der Waals surface area contributed by atoms with Gasteiger partial charge >= 0.3 is 0 Å². The summed E-state index contributed by atoms with van der Waals surface area (Å²) in [5, 5.41) is 5.05. The number of carbonyl (C=O) groups is 4. The summed E-state index contributed by atoms with van der Waals surface area (Å²) in [6.45, 7) is 0. The maximum absolute atomic E-state index is 11.5. The molecule has 2 N–H and O–H groups in total. The van der Waals surface area contributed by atoms with Gasteiger partial charge in [-0.1, -0.05) is 0 Å². The van der Waals surface area contributed by atoms with Crippen LogP contribution in [0.5, 0.6) is 0 Å². The Hall–Kier alpha value is -1.92. The summed E-state index contributed by atoms with van der Waals surface area (Å²) in [7, 11) is 0. The first kappa shape index (κ1) is 18.1. The highest BCUT2D eigenvalue weighted by Crippen LogP contribution is 2.14. The monoisotopic (exact) mass is 344 g/mol. The molecule has 0 bridgehead atoms. The Morgan fingerprint density at radius 1 is 0.727 bits per heavy atom. The molecular weight excluding hydrogens is 331 g/mol. The Kier molecular flexibility index (Phi) is 7.56. The molecule has 0 atom stereocenters. The molecule has 0 unspecified atom stereocenters. The predicted octanol–water partition coefficient (Wildman–Crippen LogP) is 1.96. The summed E-state index contributed by atoms with van der Waals surface area (Å²) >= 11 is 10.6. The van der Waals surface area contributed by atoms with Crippen molar-refractivity contribution in [3.8, 4) is 0 Å². The lowest BCUT2D eigenvalue weighted by molar-refractivity contribution is -0.125. The number of carbonyl (C=O) groups excluding carboxylic acids is 4. The third kappa shape index (κ3) is 6.69. The van der Waals surface area contributed by atoms with Gasteiger partial charge in [-0.3, -0.25) is 19.2 Å². The summed E-state index contributed by atoms with van der Waals surface area (Å²) in [5.41, 5.74) is 0.949. The lowest BCUT2D eigenvalue weighted by Gasteiger charge is -2.07. The Morgan fingerprint density at radius 3 is 1.32 bits per heavy atom. The second-order valence-corrected chi connectivity index (χ2v) is 4.91. The number of rotatable bonds is 8. The minimum Gasteiger partial charge on any atom is -0.326 e. The van der Waals surface area contributed by atoms with Crippen molar-refractivity contribution in [3.05, 3.63) is 24.3 Å². The van der Waals surface area contributed by atoms with Gasteiger partial charge < -0.3 is 10.6 Å². The zero-order chi connectivity index (χ0) is 16.5. The summed E-state index contributed by atoms with van der Waals surface area (Å²) in [5.74, 6) is -2.08. The lowest BCUT2D eigenvalue weighted by atomic mass is 10.2. The molecule has 0 saturated carbocycles. The molecule has 1 aromatic rings. The van der Waals surface area contributed by atoms with E-state index in [1.807, 2.05) is 0 Å². The quantitative estimate of drug-likeness (QED) is 0.556. The molecule has 1 rings (SSSR count). The van der Waals surface area contributed by atoms with Gasteiger partial charge in [-0.15, -0.1) is 23.2 Å². The predicted molar refractivity (Wildman–Crippen MR) is 84.4 cm³/mol. The van der Waals surface area contributed by atoms with Crippen molar-refractivity contribution in [2.24, 2.45) is 0 Å². The van der Waals surface area contributed by atoms with Crippen molar-refractivity contribution in [1.29, 1.82) is 0 Å². The van der Waals surface area contributed by atoms with Gasteiger partial charge in [0, 0.05) is 11.4 Å². The van der Waals surface area contributed by atoms with E-state index in [2.05, 4.69) is 10.6 Å². The van der Waals surface area contributed by atoms with Gasteiger partial charge in [0.25, 0.3) is 0 Å². The van der Waals surface area contributed by atoms with Gasteiger partial charge in [0.15, 0.2) is 11.6 Å². The number of Topliss-reactive ketones (excluding diaryl/α,β-unsaturated/α-hetero) is 2. The average Bonchev–Trinajstić information content (AvgIpc) is 2.48. The molecule has 1 aromatic carbocycles. The molecule has 0 heterocycles. The van der Waals surface area contributed by atoms with Crippen molar-refractivity contribution in [2.75, 3.05) is 22.4 Å². The lowest BCUT2D eigenvalue weighted by Crippen LogP contribution is -2.18. The topological polar surface area (TPSA) is 92.3 Å². The Labute approximate surface area is 137 Å². The number of amides is 2. The Bertz CT molecular complexity index is 522. The fourth-order valence-electron chi connectivity index (χ4n) is 1.50. The fraction of sp³-hybridized carbons (Fsp3) is 0.286. The van der Waals surface area contributed by atoms with Gasteiger partial charge in [-0.05, 0) is 24.3 Å². The van der Waals surface area contributed by atoms with Crippen LogP contribution in [0.25, 0.3) is 0 Å². The smallest absolute Gasteiger partial charge is 0.231 e. The van der Waals surface area contributed by atoms with E-state index >= 15 is 0 Å². The van der Waals surface area contributed by atoms with Gasteiger partial charge in [0.2, 0.25) is 11.8 Å². The van der Waals surface area contributed by atoms with Gasteiger partial charge in [0.05, 0.1) is 24.6 Å². The van der Waals surface area contributed by atoms with Crippen LogP contribution in [-0.4, -0.2) is 35.1 Å². The van der Waals surface area contributed by atoms with Crippen LogP contribution < -0.4 is 10.6 Å². The number of anilines is 2. The third-order valence-corrected chi connectivity index (χ3v) is 3.06. The number of ketones is 2. The second kappa shape index (κ2) is 9.17. The van der Waals surface area contributed by atoms with Crippen LogP contribution in [-0.2, 0) is 19.2 Å². The van der Waals surface area contributed by atoms with Gasteiger partial charge in [0.1, 0.15) is 0 Å². The van der Waals surface area contributed by atoms with Crippen LogP contribution in [0.3, 0.4) is 0 Å². The van der Waals surface area contributed by atoms with Crippen LogP contribution in [0.2, 0.25) is 0 Å². The van der Waals surface area contributed by atoms with Crippen LogP contribution in [0.4, 0.5) is 11.4 Å². The number of alkyl halides is 2. The first-order chi connectivity index (χ1) is 10.4. The van der Waals surface area contributed by atoms with E-state index in [4.69, 9.17) is 23.2 Å². The first-order valence-corrected chi connectivity index (χ1v) is 7.36. The Morgan fingerprint density at radius 2 is 1.05 bits per heavy atom. The minimum absolute atomic E-state index is 0.209. The summed E-state index contributed by atoms with van der Waals surface area (Å²) in [6, 6.07) is 6.23. The standard InChI is InChI=1S/C14H14Cl2N2O4/c15-7-11(19)5-13(21)17-9-1-2-10(4-3-9)18-14(22)6-12(20)8-16/h1-4H,5-8H2,(H,17,21)(H,18,22). The molecule has 0 radical (unpaired) electrons. The largest absolute Gasteiger partial charge is 0.326 e. The summed E-state index contributed by atoms with van der Waals surface area (Å²) < 4.78 is 0. The zero-order valence-electron chi connectivity index (χ0n) is 11.5. The fourth-order valence-corrected chi connectivity index (χ4v) is 1.69. The van der Waals surface area contributed by atoms with Crippen molar-refractivity contribution in [1.82, 2.24) is 0 Å². The van der Waals surface area contributed by atoms with E-state index < -0.39 is 11.8 Å². The number of hydrogen-bond donors (Lipinski definition) is 2. The Balaban J connectivity index is 2.52. The number of hydrogen-bond acceptors (Lipinski definition) is 4. The molecular formula is C14H14Cl2N2O4. The van der Waals surface area contributed by atoms with E-state index in [-0.39, 0.29) is 36.2 Å². The summed E-state index contributed by atoms with van der Waals surface area (Å²) in [6.07, 6.45) is -0.578. The highest BCUT2D eigenvalue weighted by atomic mass is 35.5. The van der Waals surface area contributed by atoms with E-state index in [1.54, 1.807) is 24.3 Å². The zero-order valence-corrected chi connectivity index (χ0v) is 13.0. The van der Waals surface area contributed by atoms with Gasteiger partial charge in [-0.25, -0.2) is 0 Å². The van der Waals surface area contributed by atoms with Crippen LogP contribution in [0.15, 0.2) is 24.3 Å². The van der Waals surface area contributed by atoms with Crippen LogP contribution in [0.1, 0.15) is 12.8 Å². The van der Waals surface area contributed by atoms with Crippen LogP contribution in [0, 0.1) is 0 Å². The minimum atomic E-state index is -0.463. The van der Waals surface area contributed by atoms with Crippen molar-refractivity contribution < 1.29 is 19.2 Å². The molecule has 0 saturated heterocycles. The van der Waals surface area contributed by atoms with Gasteiger partial charge in [-0.2, -0.15) is 0 Å².